The fourth-order valence-electron chi connectivity index (χ4n) is 3.24. The number of urea groups is 1. The first-order chi connectivity index (χ1) is 15.4. The third-order valence-corrected chi connectivity index (χ3v) is 7.99. The number of hydrogen-bond acceptors (Lipinski definition) is 9. The van der Waals surface area contributed by atoms with Crippen LogP contribution < -0.4 is 21.7 Å². The number of hydrogen-bond donors (Lipinski definition) is 4. The Morgan fingerprint density at radius 2 is 2.09 bits per heavy atom. The first-order valence-corrected chi connectivity index (χ1v) is 12.7. The lowest BCUT2D eigenvalue weighted by atomic mass is 10.1. The van der Waals surface area contributed by atoms with Gasteiger partial charge in [0, 0.05) is 29.6 Å². The average molecular weight is 490 g/mol. The van der Waals surface area contributed by atoms with Gasteiger partial charge in [-0.1, -0.05) is 23.5 Å². The maximum Gasteiger partial charge on any atom is 0.320 e. The van der Waals surface area contributed by atoms with E-state index in [9.17, 15) is 9.59 Å². The van der Waals surface area contributed by atoms with Crippen LogP contribution in [0, 0.1) is 0 Å². The molecule has 0 spiro atoms. The summed E-state index contributed by atoms with van der Waals surface area (Å²) < 4.78 is 0. The molecule has 1 aliphatic rings. The number of nitrogen functional groups attached to an aromatic ring is 1. The highest BCUT2D eigenvalue weighted by Crippen LogP contribution is 2.38. The second kappa shape index (κ2) is 9.86. The summed E-state index contributed by atoms with van der Waals surface area (Å²) in [5.41, 5.74) is 8.45. The monoisotopic (exact) mass is 489 g/mol. The molecule has 1 unspecified atom stereocenters. The number of carbonyl (C=O) groups is 2. The van der Waals surface area contributed by atoms with E-state index in [2.05, 4.69) is 25.8 Å². The van der Waals surface area contributed by atoms with E-state index in [4.69, 9.17) is 10.7 Å². The molecule has 3 aromatic rings. The zero-order valence-corrected chi connectivity index (χ0v) is 20.0. The van der Waals surface area contributed by atoms with Crippen LogP contribution in [-0.2, 0) is 4.79 Å². The summed E-state index contributed by atoms with van der Waals surface area (Å²) in [7, 11) is 3.51. The minimum atomic E-state index is -0.359. The second-order valence-electron chi connectivity index (χ2n) is 7.14. The van der Waals surface area contributed by atoms with Crippen LogP contribution in [0.5, 0.6) is 0 Å². The Balaban J connectivity index is 1.50. The number of benzene rings is 1. The van der Waals surface area contributed by atoms with Gasteiger partial charge >= 0.3 is 6.03 Å². The third kappa shape index (κ3) is 5.04. The zero-order valence-electron chi connectivity index (χ0n) is 17.5. The van der Waals surface area contributed by atoms with Crippen molar-refractivity contribution >= 4 is 63.0 Å². The Hall–Kier alpha value is -2.67. The van der Waals surface area contributed by atoms with Gasteiger partial charge in [-0.2, -0.15) is 0 Å². The number of amides is 3. The predicted molar refractivity (Wildman–Crippen MR) is 133 cm³/mol. The molecule has 1 aliphatic heterocycles. The summed E-state index contributed by atoms with van der Waals surface area (Å²) in [6.45, 7) is 0. The minimum absolute atomic E-state index is 0.0116. The highest BCUT2D eigenvalue weighted by molar-refractivity contribution is 7.99. The molecule has 3 heterocycles. The molecular formula is C20H23N7O2S3. The van der Waals surface area contributed by atoms with Gasteiger partial charge < -0.3 is 16.4 Å². The molecule has 0 aliphatic carbocycles. The van der Waals surface area contributed by atoms with Gasteiger partial charge in [-0.05, 0) is 31.4 Å². The van der Waals surface area contributed by atoms with Crippen molar-refractivity contribution in [3.8, 4) is 21.1 Å². The fraction of sp³-hybridized carbons (Fsp3) is 0.300. The lowest BCUT2D eigenvalue weighted by Gasteiger charge is -2.30. The van der Waals surface area contributed by atoms with Gasteiger partial charge in [-0.3, -0.25) is 15.0 Å². The van der Waals surface area contributed by atoms with Crippen LogP contribution in [0.1, 0.15) is 6.42 Å². The molecule has 12 heteroatoms. The summed E-state index contributed by atoms with van der Waals surface area (Å²) in [5, 5.41) is 11.2. The van der Waals surface area contributed by atoms with Crippen LogP contribution in [0.2, 0.25) is 0 Å². The maximum atomic E-state index is 12.7. The van der Waals surface area contributed by atoms with Crippen LogP contribution in [0.15, 0.2) is 29.6 Å². The number of nitrogens with two attached hydrogens (primary N) is 1. The van der Waals surface area contributed by atoms with Crippen molar-refractivity contribution in [3.05, 3.63) is 29.6 Å². The van der Waals surface area contributed by atoms with Crippen LogP contribution >= 0.6 is 34.4 Å². The number of rotatable bonds is 5. The number of anilines is 3. The summed E-state index contributed by atoms with van der Waals surface area (Å²) in [4.78, 5) is 35.9. The van der Waals surface area contributed by atoms with E-state index in [1.165, 1.54) is 29.7 Å². The molecule has 0 radical (unpaired) electrons. The van der Waals surface area contributed by atoms with E-state index in [0.717, 1.165) is 40.0 Å². The van der Waals surface area contributed by atoms with Crippen LogP contribution in [-0.4, -0.2) is 58.6 Å². The van der Waals surface area contributed by atoms with E-state index in [-0.39, 0.29) is 18.0 Å². The summed E-state index contributed by atoms with van der Waals surface area (Å²) in [5.74, 6) is 2.18. The van der Waals surface area contributed by atoms with Crippen molar-refractivity contribution in [3.63, 3.8) is 0 Å². The van der Waals surface area contributed by atoms with E-state index in [1.54, 1.807) is 0 Å². The molecule has 3 amide bonds. The van der Waals surface area contributed by atoms with Crippen molar-refractivity contribution in [2.24, 2.45) is 0 Å². The van der Waals surface area contributed by atoms with Gasteiger partial charge in [-0.15, -0.1) is 23.1 Å². The highest BCUT2D eigenvalue weighted by atomic mass is 32.2. The topological polar surface area (TPSA) is 125 Å². The largest absolute Gasteiger partial charge is 0.382 e. The molecule has 9 nitrogen and oxygen atoms in total. The lowest BCUT2D eigenvalue weighted by Crippen LogP contribution is -2.44. The Morgan fingerprint density at radius 1 is 1.25 bits per heavy atom. The van der Waals surface area contributed by atoms with E-state index >= 15 is 0 Å². The zero-order chi connectivity index (χ0) is 22.7. The van der Waals surface area contributed by atoms with Crippen molar-refractivity contribution < 1.29 is 9.59 Å². The Labute approximate surface area is 197 Å². The van der Waals surface area contributed by atoms with E-state index in [0.29, 0.717) is 15.8 Å². The Morgan fingerprint density at radius 3 is 2.88 bits per heavy atom. The molecule has 1 saturated heterocycles. The molecule has 0 bridgehead atoms. The molecule has 4 rings (SSSR count). The number of nitrogens with one attached hydrogen (secondary N) is 3. The summed E-state index contributed by atoms with van der Waals surface area (Å²) in [6.07, 6.45) is 0.842. The molecule has 32 heavy (non-hydrogen) atoms. The van der Waals surface area contributed by atoms with Crippen LogP contribution in [0.4, 0.5) is 21.4 Å². The van der Waals surface area contributed by atoms with Gasteiger partial charge in [0.05, 0.1) is 11.7 Å². The molecular weight excluding hydrogens is 466 g/mol. The smallest absolute Gasteiger partial charge is 0.320 e. The Bertz CT molecular complexity index is 1130. The van der Waals surface area contributed by atoms with Gasteiger partial charge in [0.2, 0.25) is 5.91 Å². The molecule has 1 fully saturated rings. The predicted octanol–water partition coefficient (Wildman–Crippen LogP) is 3.60. The van der Waals surface area contributed by atoms with E-state index < -0.39 is 0 Å². The van der Waals surface area contributed by atoms with Gasteiger partial charge in [-0.25, -0.2) is 14.8 Å². The number of carbonyl (C=O) groups excluding carboxylic acids is 2. The third-order valence-electron chi connectivity index (χ3n) is 4.89. The molecule has 0 saturated carbocycles. The van der Waals surface area contributed by atoms with Crippen molar-refractivity contribution in [2.75, 3.05) is 42.1 Å². The highest BCUT2D eigenvalue weighted by Gasteiger charge is 2.26. The van der Waals surface area contributed by atoms with Crippen LogP contribution in [0.3, 0.4) is 0 Å². The number of thioether (sulfide) groups is 1. The standard InChI is InChI=1S/C20H23N7O2S3/c1-22-19(29)26-20-25-16(21)15(32-20)18-24-13(9-31-18)11-4-3-5-12(8-11)23-17(28)14-6-7-30-10-27(14)2/h3-5,8-9,14H,6-7,10,21H2,1-2H3,(H,23,28)(H2,22,25,26,29). The molecule has 5 N–H and O–H groups in total. The first-order valence-electron chi connectivity index (χ1n) is 9.85. The first kappa shape index (κ1) is 22.5. The average Bonchev–Trinajstić information content (AvgIpc) is 3.40. The lowest BCUT2D eigenvalue weighted by molar-refractivity contribution is -0.120. The fourth-order valence-corrected chi connectivity index (χ4v) is 6.03. The van der Waals surface area contributed by atoms with Gasteiger partial charge in [0.15, 0.2) is 5.13 Å². The number of likely N-dealkylation sites (N-methyl/N-ethyl adjacent to an activating group) is 1. The molecule has 2 aromatic heterocycles. The molecule has 1 atom stereocenters. The number of nitrogens with zero attached hydrogens (tertiary/aromatic N) is 3. The summed E-state index contributed by atoms with van der Waals surface area (Å²) in [6, 6.07) is 7.18. The number of thiazole rings is 2. The summed E-state index contributed by atoms with van der Waals surface area (Å²) >= 11 is 4.56. The van der Waals surface area contributed by atoms with Gasteiger partial charge in [0.25, 0.3) is 0 Å². The number of aromatic nitrogens is 2. The maximum absolute atomic E-state index is 12.7. The minimum Gasteiger partial charge on any atom is -0.382 e. The van der Waals surface area contributed by atoms with E-state index in [1.807, 2.05) is 48.5 Å². The van der Waals surface area contributed by atoms with Crippen molar-refractivity contribution in [1.82, 2.24) is 20.2 Å². The molecule has 1 aromatic carbocycles. The SMILES string of the molecule is CNC(=O)Nc1nc(N)c(-c2nc(-c3cccc(NC(=O)C4CCSCN4C)c3)cs2)s1. The van der Waals surface area contributed by atoms with Crippen molar-refractivity contribution in [1.29, 1.82) is 0 Å². The van der Waals surface area contributed by atoms with Crippen molar-refractivity contribution in [2.45, 2.75) is 12.5 Å². The van der Waals surface area contributed by atoms with Gasteiger partial charge in [0.1, 0.15) is 15.7 Å². The normalized spacial score (nSPS) is 16.5. The Kier molecular flexibility index (Phi) is 6.94. The van der Waals surface area contributed by atoms with Crippen LogP contribution in [0.25, 0.3) is 21.1 Å². The molecule has 168 valence electrons. The second-order valence-corrected chi connectivity index (χ2v) is 10.1. The quantitative estimate of drug-likeness (QED) is 0.431.